The van der Waals surface area contributed by atoms with E-state index in [0.29, 0.717) is 22.6 Å². The van der Waals surface area contributed by atoms with Crippen LogP contribution < -0.4 is 10.1 Å². The van der Waals surface area contributed by atoms with E-state index in [-0.39, 0.29) is 12.5 Å². The fraction of sp³-hybridized carbons (Fsp3) is 0.273. The van der Waals surface area contributed by atoms with Crippen LogP contribution in [0.4, 0.5) is 5.69 Å². The number of carbonyl (C=O) groups is 2. The topological polar surface area (TPSA) is 64.6 Å². The van der Waals surface area contributed by atoms with Crippen LogP contribution in [0.2, 0.25) is 0 Å². The first-order chi connectivity index (χ1) is 7.63. The Morgan fingerprint density at radius 1 is 1.50 bits per heavy atom. The lowest BCUT2D eigenvalue weighted by Crippen LogP contribution is -2.26. The van der Waals surface area contributed by atoms with Gasteiger partial charge in [0.15, 0.2) is 6.61 Å². The second kappa shape index (κ2) is 3.84. The molecule has 0 aliphatic carbocycles. The van der Waals surface area contributed by atoms with Crippen molar-refractivity contribution in [3.8, 4) is 5.75 Å². The highest BCUT2D eigenvalue weighted by Gasteiger charge is 2.21. The molecule has 1 aliphatic heterocycles. The van der Waals surface area contributed by atoms with Gasteiger partial charge in [0.1, 0.15) is 5.75 Å². The molecule has 1 aromatic carbocycles. The molecule has 0 aromatic heterocycles. The summed E-state index contributed by atoms with van der Waals surface area (Å²) in [5.41, 5.74) is 1.61. The van der Waals surface area contributed by atoms with Crippen molar-refractivity contribution >= 4 is 17.6 Å². The zero-order chi connectivity index (χ0) is 11.7. The van der Waals surface area contributed by atoms with E-state index < -0.39 is 5.97 Å². The number of rotatable bonds is 1. The molecule has 1 aliphatic rings. The van der Waals surface area contributed by atoms with Crippen LogP contribution in [-0.4, -0.2) is 25.6 Å². The number of benzene rings is 1. The Balaban J connectivity index is 2.50. The molecule has 16 heavy (non-hydrogen) atoms. The van der Waals surface area contributed by atoms with E-state index in [2.05, 4.69) is 10.1 Å². The van der Waals surface area contributed by atoms with Crippen molar-refractivity contribution in [3.05, 3.63) is 23.3 Å². The van der Waals surface area contributed by atoms with Crippen LogP contribution in [0.25, 0.3) is 0 Å². The van der Waals surface area contributed by atoms with Gasteiger partial charge in [-0.25, -0.2) is 4.79 Å². The van der Waals surface area contributed by atoms with Crippen LogP contribution in [0, 0.1) is 6.92 Å². The normalized spacial score (nSPS) is 13.5. The zero-order valence-electron chi connectivity index (χ0n) is 8.99. The Hall–Kier alpha value is -2.04. The molecule has 2 rings (SSSR count). The molecule has 5 nitrogen and oxygen atoms in total. The molecule has 0 saturated carbocycles. The van der Waals surface area contributed by atoms with Crippen molar-refractivity contribution < 1.29 is 19.1 Å². The summed E-state index contributed by atoms with van der Waals surface area (Å²) in [6.07, 6.45) is 0. The number of esters is 1. The minimum absolute atomic E-state index is 0.00398. The van der Waals surface area contributed by atoms with Crippen LogP contribution in [0.1, 0.15) is 15.9 Å². The second-order valence-corrected chi connectivity index (χ2v) is 3.44. The highest BCUT2D eigenvalue weighted by Crippen LogP contribution is 2.33. The van der Waals surface area contributed by atoms with Crippen molar-refractivity contribution in [3.63, 3.8) is 0 Å². The van der Waals surface area contributed by atoms with Gasteiger partial charge in [-0.15, -0.1) is 0 Å². The first kappa shape index (κ1) is 10.5. The molecule has 84 valence electrons. The molecule has 1 N–H and O–H groups in total. The number of anilines is 1. The second-order valence-electron chi connectivity index (χ2n) is 3.44. The summed E-state index contributed by atoms with van der Waals surface area (Å²) >= 11 is 0. The Labute approximate surface area is 92.4 Å². The molecule has 1 heterocycles. The molecular weight excluding hydrogens is 210 g/mol. The predicted octanol–water partition coefficient (Wildman–Crippen LogP) is 1.11. The summed E-state index contributed by atoms with van der Waals surface area (Å²) in [6.45, 7) is 1.74. The standard InChI is InChI=1S/C11H11NO4/c1-6-7(11(14)15-2)3-4-8-10(6)12-9(13)5-16-8/h3-4H,5H2,1-2H3,(H,12,13). The van der Waals surface area contributed by atoms with Crippen LogP contribution in [0.3, 0.4) is 0 Å². The molecule has 0 spiro atoms. The molecule has 0 atom stereocenters. The third kappa shape index (κ3) is 1.60. The van der Waals surface area contributed by atoms with Gasteiger partial charge in [-0.05, 0) is 24.6 Å². The predicted molar refractivity (Wildman–Crippen MR) is 56.6 cm³/mol. The minimum atomic E-state index is -0.430. The van der Waals surface area contributed by atoms with Gasteiger partial charge in [0.2, 0.25) is 0 Å². The lowest BCUT2D eigenvalue weighted by atomic mass is 10.1. The summed E-state index contributed by atoms with van der Waals surface area (Å²) in [7, 11) is 1.32. The van der Waals surface area contributed by atoms with E-state index in [1.54, 1.807) is 19.1 Å². The van der Waals surface area contributed by atoms with Crippen LogP contribution in [-0.2, 0) is 9.53 Å². The van der Waals surface area contributed by atoms with Crippen LogP contribution in [0.5, 0.6) is 5.75 Å². The zero-order valence-corrected chi connectivity index (χ0v) is 8.99. The number of fused-ring (bicyclic) bond motifs is 1. The largest absolute Gasteiger partial charge is 0.482 e. The summed E-state index contributed by atoms with van der Waals surface area (Å²) < 4.78 is 9.86. The van der Waals surface area contributed by atoms with E-state index >= 15 is 0 Å². The van der Waals surface area contributed by atoms with Crippen LogP contribution in [0.15, 0.2) is 12.1 Å². The van der Waals surface area contributed by atoms with Crippen molar-refractivity contribution in [1.82, 2.24) is 0 Å². The van der Waals surface area contributed by atoms with Gasteiger partial charge >= 0.3 is 5.97 Å². The minimum Gasteiger partial charge on any atom is -0.482 e. The third-order valence-electron chi connectivity index (χ3n) is 2.46. The molecular formula is C11H11NO4. The fourth-order valence-corrected chi connectivity index (χ4v) is 1.61. The van der Waals surface area contributed by atoms with Crippen molar-refractivity contribution in [1.29, 1.82) is 0 Å². The maximum Gasteiger partial charge on any atom is 0.338 e. The van der Waals surface area contributed by atoms with E-state index in [9.17, 15) is 9.59 Å². The third-order valence-corrected chi connectivity index (χ3v) is 2.46. The van der Waals surface area contributed by atoms with Crippen molar-refractivity contribution in [2.45, 2.75) is 6.92 Å². The van der Waals surface area contributed by atoms with E-state index in [4.69, 9.17) is 4.74 Å². The highest BCUT2D eigenvalue weighted by molar-refractivity contribution is 6.00. The fourth-order valence-electron chi connectivity index (χ4n) is 1.61. The molecule has 0 bridgehead atoms. The van der Waals surface area contributed by atoms with Gasteiger partial charge in [-0.2, -0.15) is 0 Å². The smallest absolute Gasteiger partial charge is 0.338 e. The Bertz CT molecular complexity index is 467. The van der Waals surface area contributed by atoms with E-state index in [1.165, 1.54) is 7.11 Å². The molecule has 1 aromatic rings. The lowest BCUT2D eigenvalue weighted by Gasteiger charge is -2.20. The molecule has 1 amide bonds. The lowest BCUT2D eigenvalue weighted by molar-refractivity contribution is -0.118. The summed E-state index contributed by atoms with van der Waals surface area (Å²) in [5, 5.41) is 2.68. The Morgan fingerprint density at radius 2 is 2.25 bits per heavy atom. The summed E-state index contributed by atoms with van der Waals surface area (Å²) in [5.74, 6) is -0.0810. The number of hydrogen-bond donors (Lipinski definition) is 1. The average Bonchev–Trinajstić information content (AvgIpc) is 2.29. The first-order valence-electron chi connectivity index (χ1n) is 4.78. The molecule has 0 unspecified atom stereocenters. The molecule has 0 radical (unpaired) electrons. The number of carbonyl (C=O) groups excluding carboxylic acids is 2. The maximum absolute atomic E-state index is 11.4. The highest BCUT2D eigenvalue weighted by atomic mass is 16.5. The maximum atomic E-state index is 11.4. The number of hydrogen-bond acceptors (Lipinski definition) is 4. The molecule has 0 saturated heterocycles. The van der Waals surface area contributed by atoms with E-state index in [0.717, 1.165) is 0 Å². The monoisotopic (exact) mass is 221 g/mol. The van der Waals surface area contributed by atoms with Gasteiger partial charge < -0.3 is 14.8 Å². The van der Waals surface area contributed by atoms with Gasteiger partial charge in [-0.1, -0.05) is 0 Å². The average molecular weight is 221 g/mol. The van der Waals surface area contributed by atoms with Gasteiger partial charge in [0, 0.05) is 0 Å². The Kier molecular flexibility index (Phi) is 2.52. The molecule has 0 fully saturated rings. The van der Waals surface area contributed by atoms with Crippen LogP contribution >= 0.6 is 0 Å². The Morgan fingerprint density at radius 3 is 2.94 bits per heavy atom. The quantitative estimate of drug-likeness (QED) is 0.721. The first-order valence-corrected chi connectivity index (χ1v) is 4.78. The SMILES string of the molecule is COC(=O)c1ccc2c(c1C)NC(=O)CO2. The molecule has 5 heteroatoms. The summed E-state index contributed by atoms with van der Waals surface area (Å²) in [6, 6.07) is 3.27. The number of methoxy groups -OCH3 is 1. The van der Waals surface area contributed by atoms with Gasteiger partial charge in [0.25, 0.3) is 5.91 Å². The number of amides is 1. The van der Waals surface area contributed by atoms with Crippen molar-refractivity contribution in [2.75, 3.05) is 19.0 Å². The number of nitrogens with one attached hydrogen (secondary N) is 1. The van der Waals surface area contributed by atoms with E-state index in [1.807, 2.05) is 0 Å². The van der Waals surface area contributed by atoms with Gasteiger partial charge in [0.05, 0.1) is 18.4 Å². The van der Waals surface area contributed by atoms with Gasteiger partial charge in [-0.3, -0.25) is 4.79 Å². The summed E-state index contributed by atoms with van der Waals surface area (Å²) in [4.78, 5) is 22.6. The number of ether oxygens (including phenoxy) is 2. The van der Waals surface area contributed by atoms with Crippen molar-refractivity contribution in [2.24, 2.45) is 0 Å².